The van der Waals surface area contributed by atoms with Crippen LogP contribution in [0.25, 0.3) is 0 Å². The summed E-state index contributed by atoms with van der Waals surface area (Å²) in [6, 6.07) is 5.64. The van der Waals surface area contributed by atoms with Gasteiger partial charge in [-0.3, -0.25) is 0 Å². The molecule has 132 valence electrons. The number of halogens is 2. The van der Waals surface area contributed by atoms with E-state index < -0.39 is 17.7 Å². The summed E-state index contributed by atoms with van der Waals surface area (Å²) < 4.78 is 20.4. The van der Waals surface area contributed by atoms with Crippen LogP contribution >= 0.6 is 11.6 Å². The Hall–Kier alpha value is -1.32. The van der Waals surface area contributed by atoms with E-state index in [0.717, 1.165) is 16.7 Å². The highest BCUT2D eigenvalue weighted by Gasteiger charge is 2.38. The Morgan fingerprint density at radius 1 is 1.38 bits per heavy atom. The van der Waals surface area contributed by atoms with E-state index in [1.54, 1.807) is 26.2 Å². The zero-order chi connectivity index (χ0) is 18.1. The molecule has 3 atom stereocenters. The topological polar surface area (TPSA) is 29.5 Å². The molecule has 0 spiro atoms. The quantitative estimate of drug-likeness (QED) is 0.733. The van der Waals surface area contributed by atoms with Gasteiger partial charge in [-0.05, 0) is 47.3 Å². The standard InChI is InChI=1S/C20H26ClFO2/c1-19(2,3)18(23)16-10-13(12-21)6-7-15(16)17-11-14(24-5)8-9-20(17,4)22/h6-11,17-18,23H,12H2,1-5H3/t17?,18-,20?/m1/s1. The van der Waals surface area contributed by atoms with Crippen LogP contribution in [0.2, 0.25) is 0 Å². The number of benzene rings is 1. The maximum atomic E-state index is 15.2. The van der Waals surface area contributed by atoms with Crippen molar-refractivity contribution >= 4 is 11.6 Å². The predicted molar refractivity (Wildman–Crippen MR) is 96.9 cm³/mol. The molecule has 0 saturated carbocycles. The van der Waals surface area contributed by atoms with Crippen molar-refractivity contribution in [2.45, 2.75) is 51.3 Å². The SMILES string of the molecule is COC1=CC(c2ccc(CCl)cc2[C@@H](O)C(C)(C)C)C(C)(F)C=C1. The molecule has 1 N–H and O–H groups in total. The molecule has 1 aliphatic rings. The van der Waals surface area contributed by atoms with Crippen LogP contribution in [0, 0.1) is 5.41 Å². The van der Waals surface area contributed by atoms with Crippen molar-refractivity contribution < 1.29 is 14.2 Å². The Morgan fingerprint density at radius 3 is 2.58 bits per heavy atom. The molecular weight excluding hydrogens is 327 g/mol. The molecule has 0 fully saturated rings. The number of allylic oxidation sites excluding steroid dienone is 3. The van der Waals surface area contributed by atoms with Crippen molar-refractivity contribution in [1.82, 2.24) is 0 Å². The van der Waals surface area contributed by atoms with Gasteiger partial charge in [-0.25, -0.2) is 4.39 Å². The summed E-state index contributed by atoms with van der Waals surface area (Å²) >= 11 is 5.96. The molecule has 1 aromatic rings. The van der Waals surface area contributed by atoms with Gasteiger partial charge in [0.05, 0.1) is 13.2 Å². The molecule has 0 bridgehead atoms. The molecule has 4 heteroatoms. The van der Waals surface area contributed by atoms with Crippen LogP contribution in [-0.4, -0.2) is 17.9 Å². The largest absolute Gasteiger partial charge is 0.497 e. The molecule has 1 aliphatic carbocycles. The first-order chi connectivity index (χ1) is 11.1. The number of rotatable bonds is 4. The summed E-state index contributed by atoms with van der Waals surface area (Å²) in [4.78, 5) is 0. The molecule has 0 aromatic heterocycles. The van der Waals surface area contributed by atoms with E-state index in [9.17, 15) is 5.11 Å². The lowest BCUT2D eigenvalue weighted by atomic mass is 9.75. The zero-order valence-electron chi connectivity index (χ0n) is 14.9. The van der Waals surface area contributed by atoms with E-state index in [1.165, 1.54) is 6.08 Å². The van der Waals surface area contributed by atoms with Crippen molar-refractivity contribution in [2.24, 2.45) is 5.41 Å². The second-order valence-electron chi connectivity index (χ2n) is 7.60. The van der Waals surface area contributed by atoms with Crippen molar-refractivity contribution in [2.75, 3.05) is 7.11 Å². The van der Waals surface area contributed by atoms with Crippen LogP contribution in [0.5, 0.6) is 0 Å². The predicted octanol–water partition coefficient (Wildman–Crippen LogP) is 5.42. The summed E-state index contributed by atoms with van der Waals surface area (Å²) in [5.41, 5.74) is 0.454. The highest BCUT2D eigenvalue weighted by atomic mass is 35.5. The third kappa shape index (κ3) is 3.84. The molecule has 2 nitrogen and oxygen atoms in total. The van der Waals surface area contributed by atoms with E-state index >= 15 is 4.39 Å². The molecule has 0 amide bonds. The molecule has 0 heterocycles. The first-order valence-electron chi connectivity index (χ1n) is 8.11. The first-order valence-corrected chi connectivity index (χ1v) is 8.64. The Labute approximate surface area is 149 Å². The van der Waals surface area contributed by atoms with Crippen LogP contribution in [-0.2, 0) is 10.6 Å². The molecule has 24 heavy (non-hydrogen) atoms. The average molecular weight is 353 g/mol. The van der Waals surface area contributed by atoms with Gasteiger partial charge < -0.3 is 9.84 Å². The molecule has 0 saturated heterocycles. The van der Waals surface area contributed by atoms with Gasteiger partial charge in [-0.1, -0.05) is 39.0 Å². The van der Waals surface area contributed by atoms with Crippen LogP contribution < -0.4 is 0 Å². The molecular formula is C20H26ClFO2. The summed E-state index contributed by atoms with van der Waals surface area (Å²) in [5, 5.41) is 10.8. The van der Waals surface area contributed by atoms with Crippen molar-refractivity contribution in [3.05, 3.63) is 58.9 Å². The third-order valence-electron chi connectivity index (χ3n) is 4.50. The fourth-order valence-corrected chi connectivity index (χ4v) is 3.12. The molecule has 0 radical (unpaired) electrons. The van der Waals surface area contributed by atoms with E-state index in [2.05, 4.69) is 0 Å². The van der Waals surface area contributed by atoms with Crippen LogP contribution in [0.1, 0.15) is 56.4 Å². The lowest BCUT2D eigenvalue weighted by molar-refractivity contribution is 0.0609. The van der Waals surface area contributed by atoms with Crippen LogP contribution in [0.4, 0.5) is 4.39 Å². The highest BCUT2D eigenvalue weighted by molar-refractivity contribution is 6.17. The maximum Gasteiger partial charge on any atom is 0.137 e. The van der Waals surface area contributed by atoms with Crippen LogP contribution in [0.3, 0.4) is 0 Å². The Morgan fingerprint density at radius 2 is 2.04 bits per heavy atom. The average Bonchev–Trinajstić information content (AvgIpc) is 2.52. The van der Waals surface area contributed by atoms with Gasteiger partial charge >= 0.3 is 0 Å². The number of hydrogen-bond donors (Lipinski definition) is 1. The van der Waals surface area contributed by atoms with Crippen molar-refractivity contribution in [1.29, 1.82) is 0 Å². The first kappa shape index (κ1) is 19.0. The summed E-state index contributed by atoms with van der Waals surface area (Å²) in [6.45, 7) is 7.42. The number of ether oxygens (including phenoxy) is 1. The molecule has 2 rings (SSSR count). The number of methoxy groups -OCH3 is 1. The minimum absolute atomic E-state index is 0.348. The van der Waals surface area contributed by atoms with Gasteiger partial charge in [0.15, 0.2) is 0 Å². The van der Waals surface area contributed by atoms with Gasteiger partial charge in [-0.15, -0.1) is 11.6 Å². The van der Waals surface area contributed by atoms with Crippen molar-refractivity contribution in [3.8, 4) is 0 Å². The van der Waals surface area contributed by atoms with E-state index in [-0.39, 0.29) is 5.41 Å². The minimum atomic E-state index is -1.56. The van der Waals surface area contributed by atoms with Gasteiger partial charge in [-0.2, -0.15) is 0 Å². The fourth-order valence-electron chi connectivity index (χ4n) is 2.96. The lowest BCUT2D eigenvalue weighted by Gasteiger charge is -2.34. The second kappa shape index (κ2) is 6.89. The molecule has 2 unspecified atom stereocenters. The van der Waals surface area contributed by atoms with E-state index in [0.29, 0.717) is 11.6 Å². The normalized spacial score (nSPS) is 25.3. The van der Waals surface area contributed by atoms with Gasteiger partial charge in [0, 0.05) is 11.8 Å². The Kier molecular flexibility index (Phi) is 5.46. The summed E-state index contributed by atoms with van der Waals surface area (Å²) in [7, 11) is 1.57. The number of aliphatic hydroxyl groups excluding tert-OH is 1. The van der Waals surface area contributed by atoms with Gasteiger partial charge in [0.25, 0.3) is 0 Å². The highest BCUT2D eigenvalue weighted by Crippen LogP contribution is 2.44. The minimum Gasteiger partial charge on any atom is -0.497 e. The van der Waals surface area contributed by atoms with Crippen molar-refractivity contribution in [3.63, 3.8) is 0 Å². The third-order valence-corrected chi connectivity index (χ3v) is 4.81. The monoisotopic (exact) mass is 352 g/mol. The van der Waals surface area contributed by atoms with E-state index in [1.807, 2.05) is 39.0 Å². The van der Waals surface area contributed by atoms with Gasteiger partial charge in [0.2, 0.25) is 0 Å². The summed E-state index contributed by atoms with van der Waals surface area (Å²) in [5.74, 6) is 0.433. The number of aliphatic hydroxyl groups is 1. The van der Waals surface area contributed by atoms with Crippen LogP contribution in [0.15, 0.2) is 42.2 Å². The zero-order valence-corrected chi connectivity index (χ0v) is 15.7. The van der Waals surface area contributed by atoms with Gasteiger partial charge in [0.1, 0.15) is 11.4 Å². The fraction of sp³-hybridized carbons (Fsp3) is 0.500. The van der Waals surface area contributed by atoms with E-state index in [4.69, 9.17) is 16.3 Å². The Bertz CT molecular complexity index is 656. The smallest absolute Gasteiger partial charge is 0.137 e. The summed E-state index contributed by atoms with van der Waals surface area (Å²) in [6.07, 6.45) is 4.20. The molecule has 1 aromatic carbocycles. The molecule has 0 aliphatic heterocycles. The lowest BCUT2D eigenvalue weighted by Crippen LogP contribution is -2.29. The maximum absolute atomic E-state index is 15.2. The number of hydrogen-bond acceptors (Lipinski definition) is 2. The second-order valence-corrected chi connectivity index (χ2v) is 7.87. The Balaban J connectivity index is 2.61. The number of alkyl halides is 2.